The van der Waals surface area contributed by atoms with Crippen LogP contribution in [0.2, 0.25) is 0 Å². The van der Waals surface area contributed by atoms with Crippen molar-refractivity contribution in [2.24, 2.45) is 5.73 Å². The van der Waals surface area contributed by atoms with E-state index in [2.05, 4.69) is 20.5 Å². The molecule has 0 radical (unpaired) electrons. The van der Waals surface area contributed by atoms with Crippen molar-refractivity contribution in [3.63, 3.8) is 0 Å². The molecule has 3 aromatic rings. The summed E-state index contributed by atoms with van der Waals surface area (Å²) in [5, 5.41) is 9.45. The fourth-order valence-corrected chi connectivity index (χ4v) is 1.96. The molecule has 0 aliphatic rings. The third-order valence-corrected chi connectivity index (χ3v) is 2.97. The van der Waals surface area contributed by atoms with E-state index in [1.807, 2.05) is 35.0 Å². The number of nitrogen functional groups attached to an aromatic ring is 1. The normalized spacial score (nSPS) is 10.5. The van der Waals surface area contributed by atoms with Gasteiger partial charge in [-0.1, -0.05) is 0 Å². The summed E-state index contributed by atoms with van der Waals surface area (Å²) in [5.41, 5.74) is 12.8. The maximum atomic E-state index is 11.3. The molecule has 6 N–H and O–H groups in total. The van der Waals surface area contributed by atoms with Crippen LogP contribution >= 0.6 is 0 Å². The van der Waals surface area contributed by atoms with Gasteiger partial charge in [0.15, 0.2) is 5.82 Å². The molecule has 0 atom stereocenters. The lowest BCUT2D eigenvalue weighted by atomic mass is 10.2. The number of nitrogens with two attached hydrogens (primary N) is 2. The van der Waals surface area contributed by atoms with Crippen LogP contribution in [0.15, 0.2) is 43.0 Å². The van der Waals surface area contributed by atoms with Gasteiger partial charge in [0.05, 0.1) is 6.33 Å². The van der Waals surface area contributed by atoms with Crippen LogP contribution in [0.1, 0.15) is 10.4 Å². The minimum absolute atomic E-state index is 0.139. The maximum absolute atomic E-state index is 11.3. The molecule has 2 heterocycles. The van der Waals surface area contributed by atoms with Crippen LogP contribution in [0.4, 0.5) is 17.3 Å². The molecule has 21 heavy (non-hydrogen) atoms. The molecular weight excluding hydrogens is 270 g/mol. The molecule has 0 fully saturated rings. The summed E-state index contributed by atoms with van der Waals surface area (Å²) in [4.78, 5) is 15.3. The van der Waals surface area contributed by atoms with Gasteiger partial charge in [-0.25, -0.2) is 4.98 Å². The first-order valence-corrected chi connectivity index (χ1v) is 6.14. The minimum Gasteiger partial charge on any atom is -0.383 e. The van der Waals surface area contributed by atoms with Gasteiger partial charge in [-0.3, -0.25) is 9.89 Å². The zero-order chi connectivity index (χ0) is 14.8. The van der Waals surface area contributed by atoms with Crippen LogP contribution in [0, 0.1) is 0 Å². The molecular formula is C13H13N7O. The second kappa shape index (κ2) is 5.00. The number of H-pyrrole nitrogens is 1. The van der Waals surface area contributed by atoms with Gasteiger partial charge >= 0.3 is 0 Å². The first kappa shape index (κ1) is 12.7. The number of benzene rings is 1. The highest BCUT2D eigenvalue weighted by molar-refractivity contribution is 6.02. The molecule has 0 saturated heterocycles. The fourth-order valence-electron chi connectivity index (χ4n) is 1.96. The fraction of sp³-hybridized carbons (Fsp3) is 0. The van der Waals surface area contributed by atoms with Crippen molar-refractivity contribution in [2.45, 2.75) is 0 Å². The third kappa shape index (κ3) is 2.41. The Morgan fingerprint density at radius 1 is 1.29 bits per heavy atom. The molecule has 2 aromatic heterocycles. The zero-order valence-electron chi connectivity index (χ0n) is 10.9. The smallest absolute Gasteiger partial charge is 0.256 e. The molecule has 1 aromatic carbocycles. The summed E-state index contributed by atoms with van der Waals surface area (Å²) in [6.45, 7) is 0. The van der Waals surface area contributed by atoms with Crippen molar-refractivity contribution in [1.82, 2.24) is 19.7 Å². The number of nitrogens with zero attached hydrogens (tertiary/aromatic N) is 3. The summed E-state index contributed by atoms with van der Waals surface area (Å²) in [6.07, 6.45) is 5.27. The number of aromatic amines is 1. The Morgan fingerprint density at radius 3 is 2.67 bits per heavy atom. The Labute approximate surface area is 119 Å². The molecule has 0 saturated carbocycles. The molecule has 3 rings (SSSR count). The molecule has 8 nitrogen and oxygen atoms in total. The SMILES string of the molecule is NC(=O)c1c(Nc2ccc(-n3ccnc3)cc2)n[nH]c1N. The van der Waals surface area contributed by atoms with Gasteiger partial charge in [0.25, 0.3) is 5.91 Å². The second-order valence-corrected chi connectivity index (χ2v) is 4.37. The van der Waals surface area contributed by atoms with Crippen LogP contribution in [0.25, 0.3) is 5.69 Å². The molecule has 0 unspecified atom stereocenters. The number of imidazole rings is 1. The van der Waals surface area contributed by atoms with E-state index in [9.17, 15) is 4.79 Å². The Morgan fingerprint density at radius 2 is 2.05 bits per heavy atom. The van der Waals surface area contributed by atoms with Gasteiger partial charge in [0, 0.05) is 23.8 Å². The van der Waals surface area contributed by atoms with Crippen molar-refractivity contribution in [1.29, 1.82) is 0 Å². The Hall–Kier alpha value is -3.29. The topological polar surface area (TPSA) is 128 Å². The quantitative estimate of drug-likeness (QED) is 0.568. The molecule has 0 spiro atoms. The summed E-state index contributed by atoms with van der Waals surface area (Å²) < 4.78 is 1.88. The number of amides is 1. The number of carbonyl (C=O) groups is 1. The van der Waals surface area contributed by atoms with E-state index in [1.54, 1.807) is 12.5 Å². The van der Waals surface area contributed by atoms with Gasteiger partial charge in [0.1, 0.15) is 11.4 Å². The number of anilines is 3. The summed E-state index contributed by atoms with van der Waals surface area (Å²) >= 11 is 0. The number of primary amides is 1. The van der Waals surface area contributed by atoms with Crippen LogP contribution in [0.3, 0.4) is 0 Å². The Bertz CT molecular complexity index is 758. The number of rotatable bonds is 4. The highest BCUT2D eigenvalue weighted by Gasteiger charge is 2.16. The van der Waals surface area contributed by atoms with Gasteiger partial charge in [0.2, 0.25) is 0 Å². The van der Waals surface area contributed by atoms with Crippen molar-refractivity contribution in [2.75, 3.05) is 11.1 Å². The van der Waals surface area contributed by atoms with E-state index in [1.165, 1.54) is 0 Å². The van der Waals surface area contributed by atoms with Crippen LogP contribution < -0.4 is 16.8 Å². The lowest BCUT2D eigenvalue weighted by Gasteiger charge is -2.07. The van der Waals surface area contributed by atoms with E-state index in [-0.39, 0.29) is 11.4 Å². The number of carbonyl (C=O) groups excluding carboxylic acids is 1. The highest BCUT2D eigenvalue weighted by atomic mass is 16.1. The number of hydrogen-bond acceptors (Lipinski definition) is 5. The lowest BCUT2D eigenvalue weighted by molar-refractivity contribution is 0.100. The summed E-state index contributed by atoms with van der Waals surface area (Å²) in [5.74, 6) is -0.200. The molecule has 0 aliphatic carbocycles. The van der Waals surface area contributed by atoms with E-state index >= 15 is 0 Å². The van der Waals surface area contributed by atoms with E-state index < -0.39 is 5.91 Å². The minimum atomic E-state index is -0.640. The summed E-state index contributed by atoms with van der Waals surface area (Å²) in [7, 11) is 0. The maximum Gasteiger partial charge on any atom is 0.256 e. The van der Waals surface area contributed by atoms with Crippen molar-refractivity contribution in [3.05, 3.63) is 48.5 Å². The first-order chi connectivity index (χ1) is 10.1. The predicted octanol–water partition coefficient (Wildman–Crippen LogP) is 1.02. The average molecular weight is 283 g/mol. The molecule has 8 heteroatoms. The summed E-state index contributed by atoms with van der Waals surface area (Å²) in [6, 6.07) is 7.52. The van der Waals surface area contributed by atoms with Crippen molar-refractivity contribution < 1.29 is 4.79 Å². The van der Waals surface area contributed by atoms with Crippen LogP contribution in [-0.4, -0.2) is 25.7 Å². The predicted molar refractivity (Wildman–Crippen MR) is 78.4 cm³/mol. The van der Waals surface area contributed by atoms with Crippen LogP contribution in [-0.2, 0) is 0 Å². The Balaban J connectivity index is 1.84. The van der Waals surface area contributed by atoms with E-state index in [0.717, 1.165) is 11.4 Å². The van der Waals surface area contributed by atoms with Crippen LogP contribution in [0.5, 0.6) is 0 Å². The monoisotopic (exact) mass is 283 g/mol. The molecule has 0 bridgehead atoms. The lowest BCUT2D eigenvalue weighted by Crippen LogP contribution is -2.14. The zero-order valence-corrected chi connectivity index (χ0v) is 10.9. The van der Waals surface area contributed by atoms with E-state index in [0.29, 0.717) is 5.82 Å². The average Bonchev–Trinajstić information content (AvgIpc) is 3.10. The number of aromatic nitrogens is 4. The van der Waals surface area contributed by atoms with Gasteiger partial charge in [-0.05, 0) is 24.3 Å². The van der Waals surface area contributed by atoms with E-state index in [4.69, 9.17) is 11.5 Å². The van der Waals surface area contributed by atoms with Gasteiger partial charge < -0.3 is 21.4 Å². The number of nitrogens with one attached hydrogen (secondary N) is 2. The molecule has 106 valence electrons. The number of hydrogen-bond donors (Lipinski definition) is 4. The van der Waals surface area contributed by atoms with Gasteiger partial charge in [-0.2, -0.15) is 5.10 Å². The Kier molecular flexibility index (Phi) is 3.03. The molecule has 1 amide bonds. The second-order valence-electron chi connectivity index (χ2n) is 4.37. The van der Waals surface area contributed by atoms with Gasteiger partial charge in [-0.15, -0.1) is 0 Å². The third-order valence-electron chi connectivity index (χ3n) is 2.97. The largest absolute Gasteiger partial charge is 0.383 e. The van der Waals surface area contributed by atoms with Crippen molar-refractivity contribution in [3.8, 4) is 5.69 Å². The van der Waals surface area contributed by atoms with Crippen molar-refractivity contribution >= 4 is 23.2 Å². The highest BCUT2D eigenvalue weighted by Crippen LogP contribution is 2.23. The standard InChI is InChI=1S/C13H13N7O/c14-11-10(12(15)21)13(19-18-11)17-8-1-3-9(4-2-8)20-6-5-16-7-20/h1-7H,(H2,15,21)(H4,14,17,18,19). The molecule has 0 aliphatic heterocycles. The first-order valence-electron chi connectivity index (χ1n) is 6.14.